The molecule has 1 aliphatic heterocycles. The number of nitrogens with zero attached hydrogens (tertiary/aromatic N) is 5. The summed E-state index contributed by atoms with van der Waals surface area (Å²) in [6, 6.07) is 4.30. The summed E-state index contributed by atoms with van der Waals surface area (Å²) in [5.74, 6) is 2.01. The Hall–Kier alpha value is -1.35. The van der Waals surface area contributed by atoms with Crippen molar-refractivity contribution in [3.63, 3.8) is 0 Å². The fraction of sp³-hybridized carbons (Fsp3) is 0.619. The summed E-state index contributed by atoms with van der Waals surface area (Å²) in [5, 5.41) is 3.44. The first-order chi connectivity index (χ1) is 13.1. The van der Waals surface area contributed by atoms with Crippen molar-refractivity contribution in [3.8, 4) is 0 Å². The zero-order valence-electron chi connectivity index (χ0n) is 17.7. The Kier molecular flexibility index (Phi) is 12.1. The van der Waals surface area contributed by atoms with Crippen LogP contribution in [0.1, 0.15) is 31.2 Å². The maximum Gasteiger partial charge on any atom is 0.193 e. The van der Waals surface area contributed by atoms with Crippen LogP contribution < -0.4 is 10.2 Å². The highest BCUT2D eigenvalue weighted by Crippen LogP contribution is 2.13. The molecule has 0 bridgehead atoms. The van der Waals surface area contributed by atoms with Crippen LogP contribution in [0.4, 0.5) is 5.82 Å². The predicted octanol–water partition coefficient (Wildman–Crippen LogP) is 3.21. The highest BCUT2D eigenvalue weighted by molar-refractivity contribution is 14.0. The molecule has 0 saturated carbocycles. The molecule has 2 heterocycles. The fourth-order valence-electron chi connectivity index (χ4n) is 3.23. The first-order valence-corrected chi connectivity index (χ1v) is 10.0. The summed E-state index contributed by atoms with van der Waals surface area (Å²) in [7, 11) is 6.10. The van der Waals surface area contributed by atoms with Gasteiger partial charge in [-0.2, -0.15) is 0 Å². The van der Waals surface area contributed by atoms with Crippen LogP contribution in [-0.2, 0) is 6.54 Å². The molecule has 0 aromatic carbocycles. The van der Waals surface area contributed by atoms with Crippen LogP contribution in [0.15, 0.2) is 36.0 Å². The number of halogens is 1. The number of aliphatic imine (C=N–C) groups is 1. The van der Waals surface area contributed by atoms with E-state index in [9.17, 15) is 0 Å². The fourth-order valence-corrected chi connectivity index (χ4v) is 3.23. The van der Waals surface area contributed by atoms with Crippen LogP contribution in [0.5, 0.6) is 0 Å². The van der Waals surface area contributed by atoms with Crippen LogP contribution in [0.25, 0.3) is 0 Å². The van der Waals surface area contributed by atoms with Crippen molar-refractivity contribution in [2.45, 2.75) is 32.2 Å². The number of nitrogens with one attached hydrogen (secondary N) is 1. The number of aromatic nitrogens is 1. The highest BCUT2D eigenvalue weighted by atomic mass is 127. The third-order valence-corrected chi connectivity index (χ3v) is 5.06. The zero-order chi connectivity index (χ0) is 19.5. The van der Waals surface area contributed by atoms with Gasteiger partial charge in [-0.25, -0.2) is 4.98 Å². The Balaban J connectivity index is 0.00000392. The van der Waals surface area contributed by atoms with Gasteiger partial charge in [-0.3, -0.25) is 4.99 Å². The van der Waals surface area contributed by atoms with Crippen LogP contribution in [0, 0.1) is 0 Å². The van der Waals surface area contributed by atoms with E-state index in [4.69, 9.17) is 0 Å². The van der Waals surface area contributed by atoms with E-state index < -0.39 is 0 Å². The molecule has 0 atom stereocenters. The Morgan fingerprint density at radius 1 is 1.25 bits per heavy atom. The number of rotatable bonds is 9. The van der Waals surface area contributed by atoms with Crippen molar-refractivity contribution in [2.24, 2.45) is 4.99 Å². The number of unbranched alkanes of at least 4 members (excludes halogenated alkanes) is 3. The second-order valence-corrected chi connectivity index (χ2v) is 7.28. The van der Waals surface area contributed by atoms with Crippen molar-refractivity contribution in [3.05, 3.63) is 36.5 Å². The molecule has 1 aromatic rings. The molecule has 1 aromatic heterocycles. The molecular weight excluding hydrogens is 463 g/mol. The maximum atomic E-state index is 4.66. The maximum absolute atomic E-state index is 4.66. The standard InChI is InChI=1S/C21H36N6.HI/c1-5-6-7-8-9-12-26(4)21(22-2)24-18-19-10-11-20(23-17-19)27-15-13-25(3)14-16-27;/h5,10-11,17H,1,6-9,12-16,18H2,2-4H3,(H,22,24);1H. The molecule has 0 spiro atoms. The first kappa shape index (κ1) is 24.7. The molecule has 1 N–H and O–H groups in total. The summed E-state index contributed by atoms with van der Waals surface area (Å²) in [4.78, 5) is 16.0. The van der Waals surface area contributed by atoms with Crippen LogP contribution in [0.3, 0.4) is 0 Å². The van der Waals surface area contributed by atoms with E-state index in [-0.39, 0.29) is 24.0 Å². The number of anilines is 1. The minimum Gasteiger partial charge on any atom is -0.354 e. The van der Waals surface area contributed by atoms with Gasteiger partial charge >= 0.3 is 0 Å². The molecule has 28 heavy (non-hydrogen) atoms. The number of hydrogen-bond donors (Lipinski definition) is 1. The average Bonchev–Trinajstić information content (AvgIpc) is 2.69. The summed E-state index contributed by atoms with van der Waals surface area (Å²) in [6.45, 7) is 9.82. The third-order valence-electron chi connectivity index (χ3n) is 5.06. The number of allylic oxidation sites excluding steroid dienone is 1. The smallest absolute Gasteiger partial charge is 0.193 e. The van der Waals surface area contributed by atoms with Gasteiger partial charge in [-0.05, 0) is 37.9 Å². The van der Waals surface area contributed by atoms with Gasteiger partial charge in [0, 0.05) is 59.6 Å². The van der Waals surface area contributed by atoms with Gasteiger partial charge in [0.15, 0.2) is 5.96 Å². The summed E-state index contributed by atoms with van der Waals surface area (Å²) in [6.07, 6.45) is 8.69. The molecule has 1 aliphatic rings. The highest BCUT2D eigenvalue weighted by Gasteiger charge is 2.15. The molecule has 1 fully saturated rings. The predicted molar refractivity (Wildman–Crippen MR) is 131 cm³/mol. The van der Waals surface area contributed by atoms with E-state index >= 15 is 0 Å². The monoisotopic (exact) mass is 500 g/mol. The lowest BCUT2D eigenvalue weighted by Gasteiger charge is -2.33. The van der Waals surface area contributed by atoms with E-state index in [0.29, 0.717) is 0 Å². The number of hydrogen-bond acceptors (Lipinski definition) is 4. The van der Waals surface area contributed by atoms with Crippen LogP contribution in [0.2, 0.25) is 0 Å². The van der Waals surface area contributed by atoms with Crippen molar-refractivity contribution in [1.82, 2.24) is 20.1 Å². The van der Waals surface area contributed by atoms with Gasteiger partial charge in [0.25, 0.3) is 0 Å². The van der Waals surface area contributed by atoms with Gasteiger partial charge < -0.3 is 20.0 Å². The molecule has 0 amide bonds. The summed E-state index contributed by atoms with van der Waals surface area (Å²) < 4.78 is 0. The SMILES string of the molecule is C=CCCCCCN(C)C(=NC)NCc1ccc(N2CCN(C)CC2)nc1.I. The third kappa shape index (κ3) is 8.34. The minimum absolute atomic E-state index is 0. The molecule has 0 aliphatic carbocycles. The second kappa shape index (κ2) is 13.8. The molecule has 1 saturated heterocycles. The average molecular weight is 500 g/mol. The van der Waals surface area contributed by atoms with Gasteiger partial charge in [0.05, 0.1) is 0 Å². The van der Waals surface area contributed by atoms with Gasteiger partial charge in [0.1, 0.15) is 5.82 Å². The summed E-state index contributed by atoms with van der Waals surface area (Å²) >= 11 is 0. The van der Waals surface area contributed by atoms with E-state index in [1.165, 1.54) is 24.8 Å². The molecule has 7 heteroatoms. The Bertz CT molecular complexity index is 581. The lowest BCUT2D eigenvalue weighted by molar-refractivity contribution is 0.312. The zero-order valence-corrected chi connectivity index (χ0v) is 20.1. The van der Waals surface area contributed by atoms with Crippen molar-refractivity contribution < 1.29 is 0 Å². The quantitative estimate of drug-likeness (QED) is 0.186. The van der Waals surface area contributed by atoms with E-state index in [0.717, 1.165) is 57.5 Å². The molecule has 0 unspecified atom stereocenters. The number of guanidine groups is 1. The Morgan fingerprint density at radius 3 is 2.61 bits per heavy atom. The summed E-state index contributed by atoms with van der Waals surface area (Å²) in [5.41, 5.74) is 1.17. The van der Waals surface area contributed by atoms with Crippen LogP contribution in [-0.4, -0.2) is 74.6 Å². The Morgan fingerprint density at radius 2 is 2.00 bits per heavy atom. The van der Waals surface area contributed by atoms with Gasteiger partial charge in [-0.1, -0.05) is 18.6 Å². The normalized spacial score (nSPS) is 15.1. The van der Waals surface area contributed by atoms with E-state index in [1.54, 1.807) is 0 Å². The first-order valence-electron chi connectivity index (χ1n) is 10.0. The largest absolute Gasteiger partial charge is 0.354 e. The van der Waals surface area contributed by atoms with Gasteiger partial charge in [0.2, 0.25) is 0 Å². The number of pyridine rings is 1. The molecule has 0 radical (unpaired) electrons. The molecule has 2 rings (SSSR count). The van der Waals surface area contributed by atoms with Crippen molar-refractivity contribution in [2.75, 3.05) is 58.8 Å². The topological polar surface area (TPSA) is 47.0 Å². The van der Waals surface area contributed by atoms with E-state index in [1.807, 2.05) is 19.3 Å². The Labute approximate surface area is 188 Å². The van der Waals surface area contributed by atoms with Crippen LogP contribution >= 0.6 is 24.0 Å². The lowest BCUT2D eigenvalue weighted by atomic mass is 10.2. The molecular formula is C21H37IN6. The van der Waals surface area contributed by atoms with E-state index in [2.05, 4.69) is 62.8 Å². The molecule has 6 nitrogen and oxygen atoms in total. The van der Waals surface area contributed by atoms with Gasteiger partial charge in [-0.15, -0.1) is 30.6 Å². The minimum atomic E-state index is 0. The number of likely N-dealkylation sites (N-methyl/N-ethyl adjacent to an activating group) is 1. The molecule has 158 valence electrons. The second-order valence-electron chi connectivity index (χ2n) is 7.28. The van der Waals surface area contributed by atoms with Crippen molar-refractivity contribution in [1.29, 1.82) is 0 Å². The number of piperazine rings is 1. The lowest BCUT2D eigenvalue weighted by Crippen LogP contribution is -2.44. The van der Waals surface area contributed by atoms with Crippen molar-refractivity contribution >= 4 is 35.8 Å².